The molecular weight excluding hydrogens is 328 g/mol. The van der Waals surface area contributed by atoms with Crippen LogP contribution < -0.4 is 10.4 Å². The van der Waals surface area contributed by atoms with Crippen LogP contribution in [0.1, 0.15) is 19.4 Å². The number of aromatic nitrogens is 2. The number of aromatic hydroxyl groups is 1. The predicted octanol–water partition coefficient (Wildman–Crippen LogP) is 4.15. The predicted molar refractivity (Wildman–Crippen MR) is 102 cm³/mol. The zero-order valence-electron chi connectivity index (χ0n) is 15.1. The molecule has 0 aliphatic rings. The van der Waals surface area contributed by atoms with E-state index in [4.69, 9.17) is 4.74 Å². The molecule has 26 heavy (non-hydrogen) atoms. The number of ether oxygens (including phenoxy) is 1. The van der Waals surface area contributed by atoms with Crippen molar-refractivity contribution < 1.29 is 9.84 Å². The van der Waals surface area contributed by atoms with Crippen molar-refractivity contribution in [3.05, 3.63) is 64.6 Å². The second-order valence-corrected chi connectivity index (χ2v) is 6.69. The molecule has 0 atom stereocenters. The molecule has 0 amide bonds. The lowest BCUT2D eigenvalue weighted by atomic mass is 10.0. The van der Waals surface area contributed by atoms with Crippen LogP contribution in [0.25, 0.3) is 22.5 Å². The normalized spacial score (nSPS) is 10.9. The van der Waals surface area contributed by atoms with E-state index in [1.54, 1.807) is 12.1 Å². The number of rotatable bonds is 5. The Balaban J connectivity index is 2.06. The van der Waals surface area contributed by atoms with E-state index in [1.807, 2.05) is 43.3 Å². The van der Waals surface area contributed by atoms with Crippen molar-refractivity contribution in [3.63, 3.8) is 0 Å². The molecule has 2 N–H and O–H groups in total. The van der Waals surface area contributed by atoms with Crippen LogP contribution in [0.4, 0.5) is 0 Å². The van der Waals surface area contributed by atoms with E-state index >= 15 is 0 Å². The van der Waals surface area contributed by atoms with Crippen molar-refractivity contribution >= 4 is 0 Å². The molecule has 1 aromatic heterocycles. The maximum atomic E-state index is 12.1. The third-order valence-corrected chi connectivity index (χ3v) is 3.99. The highest BCUT2D eigenvalue weighted by Gasteiger charge is 2.11. The van der Waals surface area contributed by atoms with E-state index in [9.17, 15) is 9.90 Å². The lowest BCUT2D eigenvalue weighted by molar-refractivity contribution is 0.272. The topological polar surface area (TPSA) is 75.2 Å². The maximum Gasteiger partial charge on any atom is 0.345 e. The number of phenols is 1. The van der Waals surface area contributed by atoms with Gasteiger partial charge in [-0.15, -0.1) is 0 Å². The van der Waals surface area contributed by atoms with Crippen LogP contribution in [0.5, 0.6) is 11.5 Å². The van der Waals surface area contributed by atoms with Crippen LogP contribution in [0.15, 0.2) is 53.3 Å². The monoisotopic (exact) mass is 350 g/mol. The van der Waals surface area contributed by atoms with Crippen LogP contribution in [0.3, 0.4) is 0 Å². The van der Waals surface area contributed by atoms with E-state index in [2.05, 4.69) is 23.8 Å². The highest BCUT2D eigenvalue weighted by molar-refractivity contribution is 5.72. The van der Waals surface area contributed by atoms with Gasteiger partial charge in [-0.3, -0.25) is 0 Å². The quantitative estimate of drug-likeness (QED) is 0.725. The lowest BCUT2D eigenvalue weighted by Gasteiger charge is -2.13. The van der Waals surface area contributed by atoms with E-state index < -0.39 is 5.69 Å². The van der Waals surface area contributed by atoms with Gasteiger partial charge in [-0.05, 0) is 54.8 Å². The van der Waals surface area contributed by atoms with Crippen LogP contribution in [0, 0.1) is 12.8 Å². The van der Waals surface area contributed by atoms with Crippen molar-refractivity contribution in [2.75, 3.05) is 6.61 Å². The summed E-state index contributed by atoms with van der Waals surface area (Å²) in [6.45, 7) is 6.57. The number of nitrogens with zero attached hydrogens (tertiary/aromatic N) is 1. The number of H-pyrrole nitrogens is 1. The molecule has 0 radical (unpaired) electrons. The van der Waals surface area contributed by atoms with Gasteiger partial charge < -0.3 is 14.8 Å². The number of aromatic amines is 1. The number of hydrogen-bond acceptors (Lipinski definition) is 4. The van der Waals surface area contributed by atoms with Crippen molar-refractivity contribution in [2.24, 2.45) is 5.92 Å². The third-order valence-electron chi connectivity index (χ3n) is 3.99. The zero-order valence-corrected chi connectivity index (χ0v) is 15.1. The number of para-hydroxylation sites is 1. The van der Waals surface area contributed by atoms with Gasteiger partial charge in [-0.2, -0.15) is 4.98 Å². The molecule has 0 bridgehead atoms. The van der Waals surface area contributed by atoms with Crippen molar-refractivity contribution in [3.8, 4) is 34.0 Å². The van der Waals surface area contributed by atoms with Gasteiger partial charge in [0.25, 0.3) is 0 Å². The average Bonchev–Trinajstić information content (AvgIpc) is 2.62. The SMILES string of the molecule is Cc1cc(-c2cc(-c3ccccc3OCC(C)C)[nH]c(=O)n2)ccc1O. The molecule has 0 fully saturated rings. The Kier molecular flexibility index (Phi) is 5.07. The van der Waals surface area contributed by atoms with Gasteiger partial charge in [-0.25, -0.2) is 4.79 Å². The minimum Gasteiger partial charge on any atom is -0.508 e. The Morgan fingerprint density at radius 3 is 2.65 bits per heavy atom. The molecule has 2 aromatic carbocycles. The first kappa shape index (κ1) is 17.7. The van der Waals surface area contributed by atoms with Gasteiger partial charge in [0, 0.05) is 11.1 Å². The summed E-state index contributed by atoms with van der Waals surface area (Å²) in [6, 6.07) is 14.6. The van der Waals surface area contributed by atoms with Gasteiger partial charge in [0.05, 0.1) is 18.0 Å². The number of benzene rings is 2. The first-order valence-electron chi connectivity index (χ1n) is 8.57. The van der Waals surface area contributed by atoms with E-state index in [0.717, 1.165) is 22.4 Å². The minimum absolute atomic E-state index is 0.214. The first-order valence-corrected chi connectivity index (χ1v) is 8.57. The molecule has 3 rings (SSSR count). The van der Waals surface area contributed by atoms with Gasteiger partial charge in [0.1, 0.15) is 11.5 Å². The molecule has 0 spiro atoms. The fourth-order valence-electron chi connectivity index (χ4n) is 2.64. The van der Waals surface area contributed by atoms with E-state index in [1.165, 1.54) is 0 Å². The van der Waals surface area contributed by atoms with E-state index in [0.29, 0.717) is 23.9 Å². The molecule has 0 unspecified atom stereocenters. The summed E-state index contributed by atoms with van der Waals surface area (Å²) in [6.07, 6.45) is 0. The third kappa shape index (κ3) is 3.94. The molecule has 0 saturated carbocycles. The standard InChI is InChI=1S/C21H22N2O3/c1-13(2)12-26-20-7-5-4-6-16(20)18-11-17(22-21(25)23-18)15-8-9-19(24)14(3)10-15/h4-11,13,24H,12H2,1-3H3,(H,22,23,25). The van der Waals surface area contributed by atoms with Crippen LogP contribution in [-0.2, 0) is 0 Å². The van der Waals surface area contributed by atoms with Crippen LogP contribution in [0.2, 0.25) is 0 Å². The van der Waals surface area contributed by atoms with Crippen molar-refractivity contribution in [2.45, 2.75) is 20.8 Å². The van der Waals surface area contributed by atoms with Crippen LogP contribution >= 0.6 is 0 Å². The summed E-state index contributed by atoms with van der Waals surface area (Å²) >= 11 is 0. The summed E-state index contributed by atoms with van der Waals surface area (Å²) < 4.78 is 5.90. The fraction of sp³-hybridized carbons (Fsp3) is 0.238. The van der Waals surface area contributed by atoms with Crippen molar-refractivity contribution in [1.29, 1.82) is 0 Å². The number of nitrogens with one attached hydrogen (secondary N) is 1. The smallest absolute Gasteiger partial charge is 0.345 e. The van der Waals surface area contributed by atoms with Crippen LogP contribution in [-0.4, -0.2) is 21.7 Å². The molecular formula is C21H22N2O3. The second-order valence-electron chi connectivity index (χ2n) is 6.69. The highest BCUT2D eigenvalue weighted by Crippen LogP contribution is 2.31. The Hall–Kier alpha value is -3.08. The summed E-state index contributed by atoms with van der Waals surface area (Å²) in [4.78, 5) is 19.0. The molecule has 5 nitrogen and oxygen atoms in total. The van der Waals surface area contributed by atoms with Gasteiger partial charge in [0.2, 0.25) is 0 Å². The van der Waals surface area contributed by atoms with Gasteiger partial charge >= 0.3 is 5.69 Å². The summed E-state index contributed by atoms with van der Waals surface area (Å²) in [7, 11) is 0. The summed E-state index contributed by atoms with van der Waals surface area (Å²) in [5.41, 5.74) is 3.07. The average molecular weight is 350 g/mol. The first-order chi connectivity index (χ1) is 12.4. The largest absolute Gasteiger partial charge is 0.508 e. The number of aryl methyl sites for hydroxylation is 1. The summed E-state index contributed by atoms with van der Waals surface area (Å²) in [5.74, 6) is 1.33. The minimum atomic E-state index is -0.429. The Morgan fingerprint density at radius 1 is 1.15 bits per heavy atom. The van der Waals surface area contributed by atoms with E-state index in [-0.39, 0.29) is 5.75 Å². The Bertz CT molecular complexity index is 977. The molecule has 0 aliphatic heterocycles. The molecule has 5 heteroatoms. The van der Waals surface area contributed by atoms with Gasteiger partial charge in [0.15, 0.2) is 0 Å². The molecule has 0 aliphatic carbocycles. The van der Waals surface area contributed by atoms with Crippen molar-refractivity contribution in [1.82, 2.24) is 9.97 Å². The summed E-state index contributed by atoms with van der Waals surface area (Å²) in [5, 5.41) is 9.71. The Labute approximate surface area is 152 Å². The molecule has 134 valence electrons. The highest BCUT2D eigenvalue weighted by atomic mass is 16.5. The molecule has 3 aromatic rings. The second kappa shape index (κ2) is 7.44. The molecule has 1 heterocycles. The molecule has 0 saturated heterocycles. The lowest BCUT2D eigenvalue weighted by Crippen LogP contribution is -2.12. The number of hydrogen-bond donors (Lipinski definition) is 2. The number of phenolic OH excluding ortho intramolecular Hbond substituents is 1. The zero-order chi connectivity index (χ0) is 18.7. The maximum absolute atomic E-state index is 12.1. The Morgan fingerprint density at radius 2 is 1.92 bits per heavy atom. The van der Waals surface area contributed by atoms with Gasteiger partial charge in [-0.1, -0.05) is 26.0 Å². The fourth-order valence-corrected chi connectivity index (χ4v) is 2.64.